The Morgan fingerprint density at radius 1 is 1.89 bits per heavy atom. The summed E-state index contributed by atoms with van der Waals surface area (Å²) in [5, 5.41) is 0. The molecule has 1 aliphatic heterocycles. The zero-order valence-electron chi connectivity index (χ0n) is 5.34. The highest BCUT2D eigenvalue weighted by Crippen LogP contribution is 2.21. The zero-order valence-corrected chi connectivity index (χ0v) is 5.34. The molecule has 0 aromatic carbocycles. The van der Waals surface area contributed by atoms with E-state index in [1.165, 1.54) is 7.11 Å². The molecule has 0 radical (unpaired) electrons. The van der Waals surface area contributed by atoms with Crippen LogP contribution in [0.2, 0.25) is 0 Å². The minimum atomic E-state index is -1.10. The zero-order chi connectivity index (χ0) is 7.07. The Hall–Kier alpha value is -0.900. The first-order valence-electron chi connectivity index (χ1n) is 2.55. The first-order valence-corrected chi connectivity index (χ1v) is 2.55. The Bertz CT molecular complexity index is 187. The Balaban J connectivity index is 2.57. The van der Waals surface area contributed by atoms with Gasteiger partial charge in [-0.3, -0.25) is 10.7 Å². The van der Waals surface area contributed by atoms with Crippen LogP contribution in [0.4, 0.5) is 0 Å². The number of nitrogens with two attached hydrogens (primary N) is 1. The number of hydrogen-bond donors (Lipinski definition) is 1. The standard InChI is InChI=1S/C5H8N2O2/c1-3-5(6,7-3)4(8)9-2/h6H2,1-2H3. The van der Waals surface area contributed by atoms with Crippen LogP contribution in [0.1, 0.15) is 6.92 Å². The van der Waals surface area contributed by atoms with Crippen LogP contribution in [0.25, 0.3) is 0 Å². The fourth-order valence-electron chi connectivity index (χ4n) is 0.586. The van der Waals surface area contributed by atoms with Gasteiger partial charge in [-0.05, 0) is 6.92 Å². The molecule has 0 fully saturated rings. The number of esters is 1. The smallest absolute Gasteiger partial charge is 0.354 e. The maximum atomic E-state index is 10.6. The van der Waals surface area contributed by atoms with Gasteiger partial charge in [0, 0.05) is 0 Å². The van der Waals surface area contributed by atoms with E-state index in [0.717, 1.165) is 0 Å². The van der Waals surface area contributed by atoms with Crippen molar-refractivity contribution in [1.82, 2.24) is 0 Å². The van der Waals surface area contributed by atoms with Crippen LogP contribution >= 0.6 is 0 Å². The number of carbonyl (C=O) groups is 1. The Morgan fingerprint density at radius 2 is 2.33 bits per heavy atom. The van der Waals surface area contributed by atoms with Crippen molar-refractivity contribution in [2.45, 2.75) is 12.6 Å². The van der Waals surface area contributed by atoms with Gasteiger partial charge in [0.15, 0.2) is 0 Å². The summed E-state index contributed by atoms with van der Waals surface area (Å²) in [6, 6.07) is 0. The van der Waals surface area contributed by atoms with Crippen molar-refractivity contribution in [2.75, 3.05) is 7.11 Å². The van der Waals surface area contributed by atoms with Crippen molar-refractivity contribution in [2.24, 2.45) is 10.7 Å². The number of methoxy groups -OCH3 is 1. The fourth-order valence-corrected chi connectivity index (χ4v) is 0.586. The van der Waals surface area contributed by atoms with Gasteiger partial charge >= 0.3 is 5.97 Å². The van der Waals surface area contributed by atoms with Crippen LogP contribution in [0, 0.1) is 0 Å². The van der Waals surface area contributed by atoms with Crippen LogP contribution in [0.15, 0.2) is 4.99 Å². The molecular weight excluding hydrogens is 120 g/mol. The summed E-state index contributed by atoms with van der Waals surface area (Å²) in [5.41, 5.74) is 4.90. The van der Waals surface area contributed by atoms with E-state index in [2.05, 4.69) is 9.73 Å². The van der Waals surface area contributed by atoms with Gasteiger partial charge < -0.3 is 4.74 Å². The molecule has 0 spiro atoms. The molecule has 2 N–H and O–H groups in total. The SMILES string of the molecule is COC(=O)C1(N)N=C1C. The predicted octanol–water partition coefficient (Wildman–Crippen LogP) is -0.711. The Kier molecular flexibility index (Phi) is 1.06. The molecular formula is C5H8N2O2. The third kappa shape index (κ3) is 0.712. The maximum absolute atomic E-state index is 10.6. The van der Waals surface area contributed by atoms with E-state index in [-0.39, 0.29) is 0 Å². The first-order chi connectivity index (χ1) is 4.11. The second-order valence-corrected chi connectivity index (χ2v) is 1.96. The summed E-state index contributed by atoms with van der Waals surface area (Å²) in [4.78, 5) is 14.3. The average molecular weight is 128 g/mol. The molecule has 1 unspecified atom stereocenters. The van der Waals surface area contributed by atoms with Gasteiger partial charge in [0.2, 0.25) is 5.66 Å². The van der Waals surface area contributed by atoms with Crippen molar-refractivity contribution < 1.29 is 9.53 Å². The molecule has 1 atom stereocenters. The highest BCUT2D eigenvalue weighted by molar-refractivity contribution is 6.19. The van der Waals surface area contributed by atoms with Crippen LogP contribution in [0.5, 0.6) is 0 Å². The monoisotopic (exact) mass is 128 g/mol. The summed E-state index contributed by atoms with van der Waals surface area (Å²) < 4.78 is 4.37. The molecule has 9 heavy (non-hydrogen) atoms. The molecule has 1 heterocycles. The van der Waals surface area contributed by atoms with Crippen LogP contribution < -0.4 is 5.73 Å². The van der Waals surface area contributed by atoms with Crippen molar-refractivity contribution in [1.29, 1.82) is 0 Å². The average Bonchev–Trinajstić information content (AvgIpc) is 2.41. The van der Waals surface area contributed by atoms with Gasteiger partial charge in [-0.15, -0.1) is 0 Å². The number of ether oxygens (including phenoxy) is 1. The van der Waals surface area contributed by atoms with Crippen molar-refractivity contribution >= 4 is 11.7 Å². The summed E-state index contributed by atoms with van der Waals surface area (Å²) in [6.45, 7) is 1.69. The van der Waals surface area contributed by atoms with Gasteiger partial charge in [-0.1, -0.05) is 0 Å². The quantitative estimate of drug-likeness (QED) is 0.474. The Morgan fingerprint density at radius 3 is 2.44 bits per heavy atom. The number of carbonyl (C=O) groups excluding carboxylic acids is 1. The molecule has 0 aromatic rings. The summed E-state index contributed by atoms with van der Waals surface area (Å²) in [6.07, 6.45) is 0. The molecule has 0 saturated heterocycles. The summed E-state index contributed by atoms with van der Waals surface area (Å²) in [5.74, 6) is -0.486. The summed E-state index contributed by atoms with van der Waals surface area (Å²) in [7, 11) is 1.29. The summed E-state index contributed by atoms with van der Waals surface area (Å²) >= 11 is 0. The molecule has 0 saturated carbocycles. The molecule has 4 heteroatoms. The molecule has 0 bridgehead atoms. The van der Waals surface area contributed by atoms with Crippen LogP contribution in [-0.2, 0) is 9.53 Å². The fraction of sp³-hybridized carbons (Fsp3) is 0.600. The van der Waals surface area contributed by atoms with E-state index >= 15 is 0 Å². The van der Waals surface area contributed by atoms with E-state index in [1.54, 1.807) is 6.92 Å². The molecule has 4 nitrogen and oxygen atoms in total. The van der Waals surface area contributed by atoms with E-state index in [1.807, 2.05) is 0 Å². The van der Waals surface area contributed by atoms with Crippen molar-refractivity contribution in [3.05, 3.63) is 0 Å². The van der Waals surface area contributed by atoms with E-state index in [9.17, 15) is 4.79 Å². The number of hydrogen-bond acceptors (Lipinski definition) is 4. The number of aliphatic imine (C=N–C) groups is 1. The molecule has 0 amide bonds. The molecule has 0 aromatic heterocycles. The first kappa shape index (κ1) is 6.22. The lowest BCUT2D eigenvalue weighted by Crippen LogP contribution is -2.40. The third-order valence-electron chi connectivity index (χ3n) is 1.34. The van der Waals surface area contributed by atoms with Gasteiger partial charge in [0.25, 0.3) is 0 Å². The maximum Gasteiger partial charge on any atom is 0.354 e. The number of nitrogens with zero attached hydrogens (tertiary/aromatic N) is 1. The third-order valence-corrected chi connectivity index (χ3v) is 1.34. The second-order valence-electron chi connectivity index (χ2n) is 1.96. The van der Waals surface area contributed by atoms with Gasteiger partial charge in [-0.25, -0.2) is 4.79 Å². The molecule has 1 rings (SSSR count). The lowest BCUT2D eigenvalue weighted by atomic mass is 10.2. The molecule has 0 aliphatic carbocycles. The normalized spacial score (nSPS) is 31.2. The number of rotatable bonds is 1. The van der Waals surface area contributed by atoms with Gasteiger partial charge in [0.1, 0.15) is 0 Å². The minimum absolute atomic E-state index is 0.486. The Labute approximate surface area is 52.7 Å². The predicted molar refractivity (Wildman–Crippen MR) is 32.0 cm³/mol. The van der Waals surface area contributed by atoms with E-state index < -0.39 is 11.6 Å². The highest BCUT2D eigenvalue weighted by atomic mass is 16.5. The largest absolute Gasteiger partial charge is 0.466 e. The topological polar surface area (TPSA) is 64.7 Å². The highest BCUT2D eigenvalue weighted by Gasteiger charge is 2.48. The molecule has 1 aliphatic rings. The minimum Gasteiger partial charge on any atom is -0.466 e. The van der Waals surface area contributed by atoms with Crippen LogP contribution in [0.3, 0.4) is 0 Å². The van der Waals surface area contributed by atoms with Gasteiger partial charge in [0.05, 0.1) is 12.8 Å². The van der Waals surface area contributed by atoms with Crippen LogP contribution in [-0.4, -0.2) is 24.5 Å². The van der Waals surface area contributed by atoms with Gasteiger partial charge in [-0.2, -0.15) is 0 Å². The van der Waals surface area contributed by atoms with E-state index in [0.29, 0.717) is 5.71 Å². The lowest BCUT2D eigenvalue weighted by Gasteiger charge is -2.02. The van der Waals surface area contributed by atoms with E-state index in [4.69, 9.17) is 5.73 Å². The second kappa shape index (κ2) is 1.54. The lowest BCUT2D eigenvalue weighted by molar-refractivity contribution is -0.142. The van der Waals surface area contributed by atoms with Crippen molar-refractivity contribution in [3.8, 4) is 0 Å². The molecule has 50 valence electrons. The van der Waals surface area contributed by atoms with Crippen molar-refractivity contribution in [3.63, 3.8) is 0 Å².